The van der Waals surface area contributed by atoms with Gasteiger partial charge >= 0.3 is 0 Å². The summed E-state index contributed by atoms with van der Waals surface area (Å²) in [6.07, 6.45) is 3.67. The van der Waals surface area contributed by atoms with Gasteiger partial charge in [-0.1, -0.05) is 42.5 Å². The second kappa shape index (κ2) is 8.22. The van der Waals surface area contributed by atoms with Gasteiger partial charge in [0.2, 0.25) is 0 Å². The summed E-state index contributed by atoms with van der Waals surface area (Å²) in [5, 5.41) is 2.67. The molecule has 0 saturated carbocycles. The average molecular weight is 389 g/mol. The highest BCUT2D eigenvalue weighted by Gasteiger charge is 2.22. The fraction of sp³-hybridized carbons (Fsp3) is 0.174. The molecular weight excluding hydrogens is 369 g/mol. The van der Waals surface area contributed by atoms with Gasteiger partial charge in [-0.3, -0.25) is 14.6 Å². The zero-order valence-electron chi connectivity index (χ0n) is 15.8. The molecule has 29 heavy (non-hydrogen) atoms. The number of fused-ring (bicyclic) bond motifs is 1. The van der Waals surface area contributed by atoms with Crippen LogP contribution < -0.4 is 5.32 Å². The van der Waals surface area contributed by atoms with Gasteiger partial charge in [0.05, 0.1) is 11.1 Å². The van der Waals surface area contributed by atoms with Gasteiger partial charge in [0.25, 0.3) is 11.8 Å². The van der Waals surface area contributed by atoms with Crippen molar-refractivity contribution in [3.63, 3.8) is 0 Å². The number of rotatable bonds is 4. The molecule has 4 rings (SSSR count). The Labute approximate surface area is 168 Å². The first-order valence-electron chi connectivity index (χ1n) is 9.44. The first-order chi connectivity index (χ1) is 14.1. The highest BCUT2D eigenvalue weighted by atomic mass is 19.1. The number of aromatic nitrogens is 1. The molecule has 0 unspecified atom stereocenters. The van der Waals surface area contributed by atoms with Crippen LogP contribution in [0.1, 0.15) is 37.4 Å². The van der Waals surface area contributed by atoms with Gasteiger partial charge in [0.1, 0.15) is 5.82 Å². The summed E-state index contributed by atoms with van der Waals surface area (Å²) < 4.78 is 13.7. The van der Waals surface area contributed by atoms with E-state index >= 15 is 0 Å². The lowest BCUT2D eigenvalue weighted by molar-refractivity contribution is 0.0734. The maximum atomic E-state index is 13.7. The van der Waals surface area contributed by atoms with E-state index in [4.69, 9.17) is 0 Å². The van der Waals surface area contributed by atoms with Crippen molar-refractivity contribution in [1.29, 1.82) is 0 Å². The van der Waals surface area contributed by atoms with Crippen LogP contribution >= 0.6 is 0 Å². The normalized spacial score (nSPS) is 12.9. The minimum absolute atomic E-state index is 0.0621. The second-order valence-electron chi connectivity index (χ2n) is 6.98. The van der Waals surface area contributed by atoms with E-state index in [0.29, 0.717) is 24.2 Å². The maximum Gasteiger partial charge on any atom is 0.255 e. The number of hydrogen-bond donors (Lipinski definition) is 1. The molecule has 0 radical (unpaired) electrons. The number of benzene rings is 2. The van der Waals surface area contributed by atoms with E-state index in [9.17, 15) is 14.0 Å². The Balaban J connectivity index is 1.45. The Kier molecular flexibility index (Phi) is 5.33. The van der Waals surface area contributed by atoms with Gasteiger partial charge in [-0.05, 0) is 29.7 Å². The molecule has 5 nitrogen and oxygen atoms in total. The summed E-state index contributed by atoms with van der Waals surface area (Å²) in [6, 6.07) is 15.9. The van der Waals surface area contributed by atoms with Crippen LogP contribution in [0.25, 0.3) is 0 Å². The zero-order valence-corrected chi connectivity index (χ0v) is 15.8. The lowest BCUT2D eigenvalue weighted by Crippen LogP contribution is -2.36. The van der Waals surface area contributed by atoms with Crippen LogP contribution in [0, 0.1) is 5.82 Å². The third-order valence-electron chi connectivity index (χ3n) is 5.06. The summed E-state index contributed by atoms with van der Waals surface area (Å²) in [5.41, 5.74) is 3.43. The summed E-state index contributed by atoms with van der Waals surface area (Å²) >= 11 is 0. The summed E-state index contributed by atoms with van der Waals surface area (Å²) in [5.74, 6) is -0.935. The number of carbonyl (C=O) groups excluding carboxylic acids is 2. The molecule has 0 bridgehead atoms. The second-order valence-corrected chi connectivity index (χ2v) is 6.98. The van der Waals surface area contributed by atoms with Gasteiger partial charge in [-0.15, -0.1) is 0 Å². The molecule has 0 spiro atoms. The van der Waals surface area contributed by atoms with Gasteiger partial charge in [-0.25, -0.2) is 4.39 Å². The van der Waals surface area contributed by atoms with E-state index in [0.717, 1.165) is 12.0 Å². The number of nitrogens with zero attached hydrogens (tertiary/aromatic N) is 2. The molecule has 3 aromatic rings. The van der Waals surface area contributed by atoms with Crippen molar-refractivity contribution in [3.05, 3.63) is 101 Å². The highest BCUT2D eigenvalue weighted by Crippen LogP contribution is 2.20. The molecule has 2 heterocycles. The molecule has 1 aliphatic rings. The van der Waals surface area contributed by atoms with Crippen LogP contribution in [0.3, 0.4) is 0 Å². The number of amides is 2. The molecule has 1 N–H and O–H groups in total. The quantitative estimate of drug-likeness (QED) is 0.744. The molecule has 2 aromatic carbocycles. The fourth-order valence-corrected chi connectivity index (χ4v) is 3.45. The van der Waals surface area contributed by atoms with E-state index in [-0.39, 0.29) is 23.8 Å². The largest absolute Gasteiger partial charge is 0.348 e. The van der Waals surface area contributed by atoms with Crippen molar-refractivity contribution in [1.82, 2.24) is 15.2 Å². The predicted octanol–water partition coefficient (Wildman–Crippen LogP) is 3.35. The van der Waals surface area contributed by atoms with E-state index in [1.165, 1.54) is 30.1 Å². The molecule has 146 valence electrons. The van der Waals surface area contributed by atoms with Crippen molar-refractivity contribution in [3.8, 4) is 0 Å². The number of hydrogen-bond acceptors (Lipinski definition) is 3. The third kappa shape index (κ3) is 4.16. The average Bonchev–Trinajstić information content (AvgIpc) is 2.77. The molecule has 0 aliphatic carbocycles. The van der Waals surface area contributed by atoms with E-state index in [1.54, 1.807) is 23.1 Å². The molecule has 0 saturated heterocycles. The summed E-state index contributed by atoms with van der Waals surface area (Å²) in [6.45, 7) is 1.23. The zero-order chi connectivity index (χ0) is 20.2. The van der Waals surface area contributed by atoms with Crippen LogP contribution in [0.2, 0.25) is 0 Å². The SMILES string of the molecule is O=C(NCc1ccccc1F)c1cncc(C(=O)N2CCc3ccccc3C2)c1. The Hall–Kier alpha value is -3.54. The first kappa shape index (κ1) is 18.8. The monoisotopic (exact) mass is 389 g/mol. The molecule has 1 aliphatic heterocycles. The molecule has 2 amide bonds. The van der Waals surface area contributed by atoms with Gasteiger partial charge in [-0.2, -0.15) is 0 Å². The lowest BCUT2D eigenvalue weighted by Gasteiger charge is -2.28. The van der Waals surface area contributed by atoms with Crippen LogP contribution in [-0.2, 0) is 19.5 Å². The molecule has 1 aromatic heterocycles. The van der Waals surface area contributed by atoms with Crippen molar-refractivity contribution < 1.29 is 14.0 Å². The molecule has 0 atom stereocenters. The number of halogens is 1. The van der Waals surface area contributed by atoms with Crippen molar-refractivity contribution in [2.24, 2.45) is 0 Å². The summed E-state index contributed by atoms with van der Waals surface area (Å²) in [7, 11) is 0. The molecule has 6 heteroatoms. The van der Waals surface area contributed by atoms with Crippen molar-refractivity contribution in [2.45, 2.75) is 19.5 Å². The first-order valence-corrected chi connectivity index (χ1v) is 9.44. The molecule has 0 fully saturated rings. The van der Waals surface area contributed by atoms with E-state index in [2.05, 4.69) is 16.4 Å². The predicted molar refractivity (Wildman–Crippen MR) is 107 cm³/mol. The minimum Gasteiger partial charge on any atom is -0.348 e. The standard InChI is InChI=1S/C23H20FN3O2/c24-21-8-4-3-6-17(21)14-26-22(28)19-11-20(13-25-12-19)23(29)27-10-9-16-5-1-2-7-18(16)15-27/h1-8,11-13H,9-10,14-15H2,(H,26,28). The number of carbonyl (C=O) groups is 2. The van der Waals surface area contributed by atoms with Gasteiger partial charge in [0, 0.05) is 37.6 Å². The minimum atomic E-state index is -0.403. The van der Waals surface area contributed by atoms with Crippen LogP contribution in [-0.4, -0.2) is 28.2 Å². The molecular formula is C23H20FN3O2. The van der Waals surface area contributed by atoms with Crippen molar-refractivity contribution >= 4 is 11.8 Å². The smallest absolute Gasteiger partial charge is 0.255 e. The fourth-order valence-electron chi connectivity index (χ4n) is 3.45. The van der Waals surface area contributed by atoms with Crippen molar-refractivity contribution in [2.75, 3.05) is 6.54 Å². The van der Waals surface area contributed by atoms with Crippen LogP contribution in [0.15, 0.2) is 67.0 Å². The van der Waals surface area contributed by atoms with Gasteiger partial charge < -0.3 is 10.2 Å². The Morgan fingerprint density at radius 1 is 1.00 bits per heavy atom. The highest BCUT2D eigenvalue weighted by molar-refractivity contribution is 5.99. The number of nitrogens with one attached hydrogen (secondary N) is 1. The topological polar surface area (TPSA) is 62.3 Å². The van der Waals surface area contributed by atoms with Gasteiger partial charge in [0.15, 0.2) is 0 Å². The maximum absolute atomic E-state index is 13.7. The van der Waals surface area contributed by atoms with Crippen LogP contribution in [0.4, 0.5) is 4.39 Å². The van der Waals surface area contributed by atoms with E-state index in [1.807, 2.05) is 18.2 Å². The summed E-state index contributed by atoms with van der Waals surface area (Å²) in [4.78, 5) is 31.2. The number of pyridine rings is 1. The van der Waals surface area contributed by atoms with Crippen LogP contribution in [0.5, 0.6) is 0 Å². The lowest BCUT2D eigenvalue weighted by atomic mass is 9.99. The Morgan fingerprint density at radius 3 is 2.55 bits per heavy atom. The third-order valence-corrected chi connectivity index (χ3v) is 5.06. The Morgan fingerprint density at radius 2 is 1.72 bits per heavy atom. The Bertz CT molecular complexity index is 1070. The van der Waals surface area contributed by atoms with E-state index < -0.39 is 5.91 Å².